The van der Waals surface area contributed by atoms with Gasteiger partial charge in [0.25, 0.3) is 0 Å². The number of rotatable bonds is 1. The number of hydrogen-bond acceptors (Lipinski definition) is 4. The molecule has 0 radical (unpaired) electrons. The molecule has 0 unspecified atom stereocenters. The van der Waals surface area contributed by atoms with Gasteiger partial charge in [-0.3, -0.25) is 4.90 Å². The fourth-order valence-electron chi connectivity index (χ4n) is 1.18. The van der Waals surface area contributed by atoms with E-state index in [0.29, 0.717) is 0 Å². The number of thiol groups is 1. The smallest absolute Gasteiger partial charge is 0.0525 e. The van der Waals surface area contributed by atoms with Gasteiger partial charge in [0.2, 0.25) is 0 Å². The maximum Gasteiger partial charge on any atom is 0.0525 e. The summed E-state index contributed by atoms with van der Waals surface area (Å²) >= 11 is 3.97. The van der Waals surface area contributed by atoms with Crippen LogP contribution in [0.3, 0.4) is 0 Å². The summed E-state index contributed by atoms with van der Waals surface area (Å²) in [5.41, 5.74) is 7.64. The highest BCUT2D eigenvalue weighted by Gasteiger charge is 2.10. The third kappa shape index (κ3) is 2.46. The molecule has 1 aliphatic heterocycles. The lowest BCUT2D eigenvalue weighted by molar-refractivity contribution is 0.321. The Labute approximate surface area is 78.7 Å². The summed E-state index contributed by atoms with van der Waals surface area (Å²) < 4.78 is 0. The molecule has 0 saturated carbocycles. The Bertz CT molecular complexity index is 210. The molecule has 4 heteroatoms. The zero-order valence-electron chi connectivity index (χ0n) is 7.25. The SMILES string of the molecule is CN1CCN/C(=C(N)/C=C\S)C1. The zero-order chi connectivity index (χ0) is 8.97. The Kier molecular flexibility index (Phi) is 3.49. The highest BCUT2D eigenvalue weighted by Crippen LogP contribution is 2.03. The molecule has 12 heavy (non-hydrogen) atoms. The van der Waals surface area contributed by atoms with Gasteiger partial charge in [0, 0.05) is 25.3 Å². The van der Waals surface area contributed by atoms with Crippen LogP contribution >= 0.6 is 12.6 Å². The Balaban J connectivity index is 2.65. The maximum atomic E-state index is 5.78. The van der Waals surface area contributed by atoms with Crippen molar-refractivity contribution in [3.8, 4) is 0 Å². The number of likely N-dealkylation sites (N-methyl/N-ethyl adjacent to an activating group) is 1. The van der Waals surface area contributed by atoms with Gasteiger partial charge in [-0.2, -0.15) is 12.6 Å². The molecule has 3 nitrogen and oxygen atoms in total. The third-order valence-electron chi connectivity index (χ3n) is 1.86. The van der Waals surface area contributed by atoms with Crippen molar-refractivity contribution in [3.05, 3.63) is 22.9 Å². The van der Waals surface area contributed by atoms with Crippen molar-refractivity contribution < 1.29 is 0 Å². The summed E-state index contributed by atoms with van der Waals surface area (Å²) in [5.74, 6) is 0. The van der Waals surface area contributed by atoms with Crippen molar-refractivity contribution in [2.75, 3.05) is 26.7 Å². The van der Waals surface area contributed by atoms with Crippen LogP contribution < -0.4 is 11.1 Å². The van der Waals surface area contributed by atoms with E-state index >= 15 is 0 Å². The van der Waals surface area contributed by atoms with Gasteiger partial charge in [0.15, 0.2) is 0 Å². The average Bonchev–Trinajstić information content (AvgIpc) is 2.05. The monoisotopic (exact) mass is 185 g/mol. The Morgan fingerprint density at radius 3 is 3.08 bits per heavy atom. The molecule has 0 aliphatic carbocycles. The molecule has 0 aromatic heterocycles. The van der Waals surface area contributed by atoms with E-state index in [1.807, 2.05) is 0 Å². The number of hydrogen-bond donors (Lipinski definition) is 3. The van der Waals surface area contributed by atoms with Crippen molar-refractivity contribution in [2.45, 2.75) is 0 Å². The van der Waals surface area contributed by atoms with Crippen molar-refractivity contribution in [3.63, 3.8) is 0 Å². The number of nitrogens with two attached hydrogens (primary N) is 1. The fourth-order valence-corrected chi connectivity index (χ4v) is 1.34. The number of nitrogens with one attached hydrogen (secondary N) is 1. The molecule has 1 rings (SSSR count). The summed E-state index contributed by atoms with van der Waals surface area (Å²) in [6.45, 7) is 2.93. The largest absolute Gasteiger partial charge is 0.397 e. The Hall–Kier alpha value is -0.610. The van der Waals surface area contributed by atoms with Gasteiger partial charge < -0.3 is 11.1 Å². The molecule has 1 heterocycles. The molecule has 0 atom stereocenters. The van der Waals surface area contributed by atoms with E-state index in [4.69, 9.17) is 5.73 Å². The van der Waals surface area contributed by atoms with Gasteiger partial charge in [-0.1, -0.05) is 0 Å². The molecule has 0 aromatic carbocycles. The summed E-state index contributed by atoms with van der Waals surface area (Å²) in [6.07, 6.45) is 1.80. The van der Waals surface area contributed by atoms with Gasteiger partial charge in [0.05, 0.1) is 5.70 Å². The quantitative estimate of drug-likeness (QED) is 0.509. The Morgan fingerprint density at radius 2 is 2.50 bits per heavy atom. The summed E-state index contributed by atoms with van der Waals surface area (Å²) in [4.78, 5) is 2.23. The van der Waals surface area contributed by atoms with E-state index in [2.05, 4.69) is 29.9 Å². The fraction of sp³-hybridized carbons (Fsp3) is 0.500. The van der Waals surface area contributed by atoms with Crippen LogP contribution in [0.15, 0.2) is 22.9 Å². The summed E-state index contributed by atoms with van der Waals surface area (Å²) in [5, 5.41) is 4.91. The standard InChI is InChI=1S/C8H15N3S/c1-11-4-3-10-8(6-11)7(9)2-5-12/h2,5,10,12H,3-4,6,9H2,1H3/b5-2-,8-7-. The topological polar surface area (TPSA) is 41.3 Å². The van der Waals surface area contributed by atoms with Gasteiger partial charge in [0.1, 0.15) is 0 Å². The molecular formula is C8H15N3S. The molecular weight excluding hydrogens is 170 g/mol. The second kappa shape index (κ2) is 4.42. The lowest BCUT2D eigenvalue weighted by Gasteiger charge is -2.26. The van der Waals surface area contributed by atoms with Crippen LogP contribution in [0.2, 0.25) is 0 Å². The minimum Gasteiger partial charge on any atom is -0.397 e. The van der Waals surface area contributed by atoms with Gasteiger partial charge >= 0.3 is 0 Å². The predicted octanol–water partition coefficient (Wildman–Crippen LogP) is 0.135. The van der Waals surface area contributed by atoms with Gasteiger partial charge in [-0.15, -0.1) is 0 Å². The molecule has 0 amide bonds. The third-order valence-corrected chi connectivity index (χ3v) is 2.01. The van der Waals surface area contributed by atoms with E-state index in [1.54, 1.807) is 11.5 Å². The summed E-state index contributed by atoms with van der Waals surface area (Å²) in [7, 11) is 2.08. The highest BCUT2D eigenvalue weighted by molar-refractivity contribution is 7.83. The first-order valence-electron chi connectivity index (χ1n) is 3.96. The van der Waals surface area contributed by atoms with Crippen molar-refractivity contribution >= 4 is 12.6 Å². The molecule has 3 N–H and O–H groups in total. The molecule has 0 aromatic rings. The normalized spacial score (nSPS) is 24.2. The molecule has 68 valence electrons. The number of piperazine rings is 1. The maximum absolute atomic E-state index is 5.78. The second-order valence-corrected chi connectivity index (χ2v) is 3.21. The number of allylic oxidation sites excluding steroid dienone is 1. The van der Waals surface area contributed by atoms with E-state index < -0.39 is 0 Å². The van der Waals surface area contributed by atoms with E-state index in [-0.39, 0.29) is 0 Å². The van der Waals surface area contributed by atoms with Crippen LogP contribution in [0.5, 0.6) is 0 Å². The van der Waals surface area contributed by atoms with Crippen LogP contribution in [-0.2, 0) is 0 Å². The van der Waals surface area contributed by atoms with Crippen LogP contribution in [0.25, 0.3) is 0 Å². The highest BCUT2D eigenvalue weighted by atomic mass is 32.1. The van der Waals surface area contributed by atoms with Crippen LogP contribution in [0, 0.1) is 0 Å². The minimum absolute atomic E-state index is 0.775. The zero-order valence-corrected chi connectivity index (χ0v) is 8.14. The molecule has 0 spiro atoms. The van der Waals surface area contributed by atoms with Crippen LogP contribution in [-0.4, -0.2) is 31.6 Å². The summed E-state index contributed by atoms with van der Waals surface area (Å²) in [6, 6.07) is 0. The average molecular weight is 185 g/mol. The minimum atomic E-state index is 0.775. The molecule has 0 bridgehead atoms. The van der Waals surface area contributed by atoms with Crippen molar-refractivity contribution in [2.24, 2.45) is 5.73 Å². The first kappa shape index (κ1) is 9.48. The lowest BCUT2D eigenvalue weighted by Crippen LogP contribution is -2.40. The molecule has 1 saturated heterocycles. The lowest BCUT2D eigenvalue weighted by atomic mass is 10.2. The van der Waals surface area contributed by atoms with Crippen molar-refractivity contribution in [1.29, 1.82) is 0 Å². The first-order chi connectivity index (χ1) is 5.74. The number of nitrogens with zero attached hydrogens (tertiary/aromatic N) is 1. The van der Waals surface area contributed by atoms with E-state index in [0.717, 1.165) is 31.0 Å². The van der Waals surface area contributed by atoms with E-state index in [1.165, 1.54) is 0 Å². The second-order valence-electron chi connectivity index (χ2n) is 2.91. The first-order valence-corrected chi connectivity index (χ1v) is 4.47. The van der Waals surface area contributed by atoms with Gasteiger partial charge in [-0.05, 0) is 18.5 Å². The molecule has 1 aliphatic rings. The predicted molar refractivity (Wildman–Crippen MR) is 54.8 cm³/mol. The van der Waals surface area contributed by atoms with Crippen molar-refractivity contribution in [1.82, 2.24) is 10.2 Å². The van der Waals surface area contributed by atoms with Gasteiger partial charge in [-0.25, -0.2) is 0 Å². The van der Waals surface area contributed by atoms with Crippen LogP contribution in [0.4, 0.5) is 0 Å². The van der Waals surface area contributed by atoms with Crippen LogP contribution in [0.1, 0.15) is 0 Å². The molecule has 1 fully saturated rings. The van der Waals surface area contributed by atoms with E-state index in [9.17, 15) is 0 Å². The Morgan fingerprint density at radius 1 is 1.75 bits per heavy atom.